The van der Waals surface area contributed by atoms with Crippen LogP contribution in [0, 0.1) is 0 Å². The second kappa shape index (κ2) is 5.42. The van der Waals surface area contributed by atoms with Crippen LogP contribution in [0.5, 0.6) is 0 Å². The van der Waals surface area contributed by atoms with Gasteiger partial charge in [-0.15, -0.1) is 0 Å². The Hall–Kier alpha value is -0.200. The van der Waals surface area contributed by atoms with Crippen molar-refractivity contribution in [3.63, 3.8) is 0 Å². The molecule has 0 aromatic heterocycles. The largest absolute Gasteiger partial charge is 0.392 e. The molecule has 0 spiro atoms. The van der Waals surface area contributed by atoms with Crippen molar-refractivity contribution in [2.24, 2.45) is 5.73 Å². The molecular weight excluding hydrogens is 244 g/mol. The first-order chi connectivity index (χ1) is 6.99. The maximum Gasteiger partial charge on any atom is 0.156 e. The van der Waals surface area contributed by atoms with Gasteiger partial charge in [-0.05, 0) is 34.7 Å². The minimum atomic E-state index is -3.08. The van der Waals surface area contributed by atoms with Gasteiger partial charge in [0.25, 0.3) is 0 Å². The average molecular weight is 266 g/mol. The van der Waals surface area contributed by atoms with Gasteiger partial charge in [-0.2, -0.15) is 0 Å². The molecule has 0 bridgehead atoms. The molecule has 4 nitrogen and oxygen atoms in total. The van der Waals surface area contributed by atoms with Crippen molar-refractivity contribution in [3.05, 3.63) is 0 Å². The van der Waals surface area contributed by atoms with Crippen molar-refractivity contribution in [2.45, 2.75) is 38.5 Å². The Bertz CT molecular complexity index is 344. The molecule has 0 aliphatic carbocycles. The van der Waals surface area contributed by atoms with Gasteiger partial charge < -0.3 is 5.73 Å². The molecule has 0 rings (SSSR count). The lowest BCUT2D eigenvalue weighted by Gasteiger charge is -2.26. The molecule has 0 aromatic rings. The summed E-state index contributed by atoms with van der Waals surface area (Å²) >= 11 is 4.86. The molecule has 2 N–H and O–H groups in total. The summed E-state index contributed by atoms with van der Waals surface area (Å²) in [4.78, 5) is 2.24. The smallest absolute Gasteiger partial charge is 0.156 e. The highest BCUT2D eigenvalue weighted by Gasteiger charge is 2.29. The van der Waals surface area contributed by atoms with Gasteiger partial charge in [0.15, 0.2) is 9.84 Å². The van der Waals surface area contributed by atoms with Gasteiger partial charge in [-0.1, -0.05) is 12.2 Å². The van der Waals surface area contributed by atoms with Crippen molar-refractivity contribution >= 4 is 27.0 Å². The second-order valence-corrected chi connectivity index (χ2v) is 8.32. The molecule has 96 valence electrons. The predicted molar refractivity (Wildman–Crippen MR) is 72.4 cm³/mol. The van der Waals surface area contributed by atoms with Crippen molar-refractivity contribution in [1.82, 2.24) is 4.90 Å². The Labute approximate surface area is 104 Å². The third-order valence-electron chi connectivity index (χ3n) is 2.72. The van der Waals surface area contributed by atoms with Crippen molar-refractivity contribution < 1.29 is 8.42 Å². The fourth-order valence-electron chi connectivity index (χ4n) is 0.981. The van der Waals surface area contributed by atoms with E-state index in [-0.39, 0.29) is 11.8 Å². The fourth-order valence-corrected chi connectivity index (χ4v) is 2.30. The van der Waals surface area contributed by atoms with Gasteiger partial charge in [0, 0.05) is 6.54 Å². The Kier molecular flexibility index (Phi) is 5.35. The summed E-state index contributed by atoms with van der Waals surface area (Å²) in [6.45, 7) is 7.43. The summed E-state index contributed by atoms with van der Waals surface area (Å²) in [5.74, 6) is 0.125. The van der Waals surface area contributed by atoms with E-state index in [1.165, 1.54) is 0 Å². The van der Waals surface area contributed by atoms with Gasteiger partial charge in [0.05, 0.1) is 21.5 Å². The van der Waals surface area contributed by atoms with E-state index in [1.807, 2.05) is 18.9 Å². The topological polar surface area (TPSA) is 63.4 Å². The Morgan fingerprint density at radius 1 is 1.44 bits per heavy atom. The minimum Gasteiger partial charge on any atom is -0.392 e. The summed E-state index contributed by atoms with van der Waals surface area (Å²) in [5, 5.41) is 0. The lowest BCUT2D eigenvalue weighted by atomic mass is 10.3. The summed E-state index contributed by atoms with van der Waals surface area (Å²) in [6.07, 6.45) is 0. The number of nitrogens with two attached hydrogens (primary N) is 1. The van der Waals surface area contributed by atoms with Gasteiger partial charge in [0.2, 0.25) is 0 Å². The number of hydrogen-bond donors (Lipinski definition) is 1. The van der Waals surface area contributed by atoms with Crippen LogP contribution in [0.15, 0.2) is 0 Å². The number of rotatable bonds is 5. The van der Waals surface area contributed by atoms with Crippen LogP contribution in [0.25, 0.3) is 0 Å². The van der Waals surface area contributed by atoms with E-state index in [1.54, 1.807) is 20.8 Å². The molecule has 16 heavy (non-hydrogen) atoms. The normalized spacial score (nSPS) is 15.1. The van der Waals surface area contributed by atoms with Gasteiger partial charge in [-0.25, -0.2) is 8.42 Å². The highest BCUT2D eigenvalue weighted by Crippen LogP contribution is 2.16. The summed E-state index contributed by atoms with van der Waals surface area (Å²) < 4.78 is 23.0. The van der Waals surface area contributed by atoms with E-state index >= 15 is 0 Å². The Morgan fingerprint density at radius 2 is 1.88 bits per heavy atom. The van der Waals surface area contributed by atoms with Crippen LogP contribution in [0.3, 0.4) is 0 Å². The lowest BCUT2D eigenvalue weighted by Crippen LogP contribution is -2.43. The molecule has 0 aromatic carbocycles. The van der Waals surface area contributed by atoms with Crippen LogP contribution in [-0.2, 0) is 9.84 Å². The van der Waals surface area contributed by atoms with Gasteiger partial charge in [0.1, 0.15) is 0 Å². The molecule has 0 aliphatic heterocycles. The van der Waals surface area contributed by atoms with E-state index in [4.69, 9.17) is 18.0 Å². The van der Waals surface area contributed by atoms with E-state index in [2.05, 4.69) is 0 Å². The SMILES string of the molecule is CC(C(N)=S)N(C)CCS(=O)(=O)C(C)(C)C. The van der Waals surface area contributed by atoms with E-state index in [0.29, 0.717) is 11.5 Å². The van der Waals surface area contributed by atoms with E-state index in [0.717, 1.165) is 0 Å². The molecule has 0 amide bonds. The Balaban J connectivity index is 4.43. The molecule has 0 aliphatic rings. The molecular formula is C10H22N2O2S2. The number of likely N-dealkylation sites (N-methyl/N-ethyl adjacent to an activating group) is 1. The molecule has 6 heteroatoms. The molecule has 0 saturated heterocycles. The van der Waals surface area contributed by atoms with E-state index in [9.17, 15) is 8.42 Å². The highest BCUT2D eigenvalue weighted by atomic mass is 32.2. The third kappa shape index (κ3) is 4.35. The lowest BCUT2D eigenvalue weighted by molar-refractivity contribution is 0.329. The van der Waals surface area contributed by atoms with E-state index < -0.39 is 14.6 Å². The van der Waals surface area contributed by atoms with Crippen LogP contribution in [0.2, 0.25) is 0 Å². The zero-order chi connectivity index (χ0) is 13.1. The first-order valence-electron chi connectivity index (χ1n) is 5.21. The maximum absolute atomic E-state index is 11.9. The molecule has 0 fully saturated rings. The van der Waals surface area contributed by atoms with Gasteiger partial charge >= 0.3 is 0 Å². The number of thiocarbonyl (C=S) groups is 1. The first kappa shape index (κ1) is 15.8. The molecule has 0 saturated carbocycles. The third-order valence-corrected chi connectivity index (χ3v) is 5.65. The quantitative estimate of drug-likeness (QED) is 0.746. The van der Waals surface area contributed by atoms with Crippen molar-refractivity contribution in [3.8, 4) is 0 Å². The summed E-state index contributed by atoms with van der Waals surface area (Å²) in [5.41, 5.74) is 5.50. The van der Waals surface area contributed by atoms with Crippen LogP contribution < -0.4 is 5.73 Å². The zero-order valence-corrected chi connectivity index (χ0v) is 12.3. The second-order valence-electron chi connectivity index (χ2n) is 4.99. The number of nitrogens with zero attached hydrogens (tertiary/aromatic N) is 1. The zero-order valence-electron chi connectivity index (χ0n) is 10.6. The minimum absolute atomic E-state index is 0.0785. The van der Waals surface area contributed by atoms with Crippen LogP contribution >= 0.6 is 12.2 Å². The summed E-state index contributed by atoms with van der Waals surface area (Å²) in [6, 6.07) is -0.0785. The average Bonchev–Trinajstić information content (AvgIpc) is 2.11. The maximum atomic E-state index is 11.9. The van der Waals surface area contributed by atoms with Crippen molar-refractivity contribution in [1.29, 1.82) is 0 Å². The standard InChI is InChI=1S/C10H22N2O2S2/c1-8(9(11)15)12(5)6-7-16(13,14)10(2,3)4/h8H,6-7H2,1-5H3,(H2,11,15). The first-order valence-corrected chi connectivity index (χ1v) is 7.27. The van der Waals surface area contributed by atoms with Crippen LogP contribution in [-0.4, -0.2) is 48.4 Å². The fraction of sp³-hybridized carbons (Fsp3) is 0.900. The number of sulfone groups is 1. The molecule has 1 atom stereocenters. The van der Waals surface area contributed by atoms with Gasteiger partial charge in [-0.3, -0.25) is 4.90 Å². The summed E-state index contributed by atoms with van der Waals surface area (Å²) in [7, 11) is -1.26. The molecule has 0 radical (unpaired) electrons. The van der Waals surface area contributed by atoms with Crippen molar-refractivity contribution in [2.75, 3.05) is 19.3 Å². The molecule has 0 heterocycles. The predicted octanol–water partition coefficient (Wildman–Crippen LogP) is 0.806. The van der Waals surface area contributed by atoms with Crippen LogP contribution in [0.1, 0.15) is 27.7 Å². The monoisotopic (exact) mass is 266 g/mol. The molecule has 1 unspecified atom stereocenters. The highest BCUT2D eigenvalue weighted by molar-refractivity contribution is 7.92. The Morgan fingerprint density at radius 3 is 2.19 bits per heavy atom. The number of hydrogen-bond acceptors (Lipinski definition) is 4. The van der Waals surface area contributed by atoms with Crippen LogP contribution in [0.4, 0.5) is 0 Å².